The van der Waals surface area contributed by atoms with Crippen molar-refractivity contribution in [3.8, 4) is 0 Å². The van der Waals surface area contributed by atoms with Crippen LogP contribution in [0.5, 0.6) is 0 Å². The van der Waals surface area contributed by atoms with E-state index in [4.69, 9.17) is 9.47 Å². The number of carbonyl (C=O) groups is 2. The van der Waals surface area contributed by atoms with Gasteiger partial charge in [0.2, 0.25) is 0 Å². The minimum atomic E-state index is -0.639. The van der Waals surface area contributed by atoms with Crippen molar-refractivity contribution in [3.05, 3.63) is 47.2 Å². The first-order valence-corrected chi connectivity index (χ1v) is 7.88. The van der Waals surface area contributed by atoms with Crippen LogP contribution in [0.25, 0.3) is 0 Å². The third-order valence-electron chi connectivity index (χ3n) is 4.06. The summed E-state index contributed by atoms with van der Waals surface area (Å²) in [5.41, 5.74) is 2.06. The van der Waals surface area contributed by atoms with E-state index in [1.54, 1.807) is 0 Å². The molecule has 0 radical (unpaired) electrons. The van der Waals surface area contributed by atoms with E-state index in [1.165, 1.54) is 7.11 Å². The fourth-order valence-corrected chi connectivity index (χ4v) is 2.61. The number of hydrogen-bond acceptors (Lipinski definition) is 4. The van der Waals surface area contributed by atoms with Crippen LogP contribution in [0.4, 0.5) is 4.79 Å². The summed E-state index contributed by atoms with van der Waals surface area (Å²) in [5.74, 6) is 0.119. The van der Waals surface area contributed by atoms with Crippen LogP contribution in [-0.2, 0) is 20.9 Å². The first-order chi connectivity index (χ1) is 11.1. The van der Waals surface area contributed by atoms with Gasteiger partial charge in [0.1, 0.15) is 12.3 Å². The largest absolute Gasteiger partial charge is 0.464 e. The van der Waals surface area contributed by atoms with Crippen molar-refractivity contribution in [2.75, 3.05) is 7.11 Å². The molecule has 0 heterocycles. The molecule has 0 atom stereocenters. The van der Waals surface area contributed by atoms with Crippen molar-refractivity contribution in [3.63, 3.8) is 0 Å². The summed E-state index contributed by atoms with van der Waals surface area (Å²) in [7, 11) is 1.31. The van der Waals surface area contributed by atoms with E-state index in [-0.39, 0.29) is 12.3 Å². The second-order valence-electron chi connectivity index (χ2n) is 5.84. The maximum absolute atomic E-state index is 12.0. The zero-order valence-electron chi connectivity index (χ0n) is 13.6. The van der Waals surface area contributed by atoms with Crippen LogP contribution in [0.1, 0.15) is 38.2 Å². The van der Waals surface area contributed by atoms with Crippen LogP contribution in [0.15, 0.2) is 41.6 Å². The minimum absolute atomic E-state index is 0.160. The van der Waals surface area contributed by atoms with E-state index >= 15 is 0 Å². The number of esters is 1. The van der Waals surface area contributed by atoms with E-state index in [0.717, 1.165) is 36.8 Å². The van der Waals surface area contributed by atoms with Gasteiger partial charge in [-0.05, 0) is 42.7 Å². The molecule has 1 fully saturated rings. The van der Waals surface area contributed by atoms with Crippen LogP contribution in [0, 0.1) is 5.92 Å². The van der Waals surface area contributed by atoms with Gasteiger partial charge in [0.05, 0.1) is 7.11 Å². The van der Waals surface area contributed by atoms with Gasteiger partial charge < -0.3 is 9.47 Å². The molecule has 2 rings (SSSR count). The molecule has 0 bridgehead atoms. The van der Waals surface area contributed by atoms with Crippen molar-refractivity contribution in [2.24, 2.45) is 5.92 Å². The smallest absolute Gasteiger partial charge is 0.412 e. The zero-order chi connectivity index (χ0) is 16.7. The highest BCUT2D eigenvalue weighted by Crippen LogP contribution is 2.29. The lowest BCUT2D eigenvalue weighted by atomic mass is 9.86. The van der Waals surface area contributed by atoms with Gasteiger partial charge in [-0.15, -0.1) is 0 Å². The Kier molecular flexibility index (Phi) is 6.20. The Morgan fingerprint density at radius 3 is 2.43 bits per heavy atom. The van der Waals surface area contributed by atoms with Gasteiger partial charge in [0, 0.05) is 0 Å². The Balaban J connectivity index is 1.99. The first-order valence-electron chi connectivity index (χ1n) is 7.88. The second-order valence-corrected chi connectivity index (χ2v) is 5.84. The summed E-state index contributed by atoms with van der Waals surface area (Å²) in [6.07, 6.45) is 2.97. The van der Waals surface area contributed by atoms with Crippen molar-refractivity contribution in [2.45, 2.75) is 39.2 Å². The maximum Gasteiger partial charge on any atom is 0.412 e. The van der Waals surface area contributed by atoms with Gasteiger partial charge >= 0.3 is 12.1 Å². The summed E-state index contributed by atoms with van der Waals surface area (Å²) in [4.78, 5) is 23.9. The van der Waals surface area contributed by atoms with E-state index in [2.05, 4.69) is 12.2 Å². The highest BCUT2D eigenvalue weighted by molar-refractivity contribution is 5.93. The number of ether oxygens (including phenoxy) is 2. The average Bonchev–Trinajstić information content (AvgIpc) is 2.59. The number of benzene rings is 1. The van der Waals surface area contributed by atoms with Crippen LogP contribution in [0.2, 0.25) is 0 Å². The molecule has 0 spiro atoms. The van der Waals surface area contributed by atoms with Gasteiger partial charge in [-0.3, -0.25) is 5.32 Å². The lowest BCUT2D eigenvalue weighted by Gasteiger charge is -2.22. The monoisotopic (exact) mass is 317 g/mol. The third kappa shape index (κ3) is 5.13. The van der Waals surface area contributed by atoms with E-state index in [0.29, 0.717) is 5.92 Å². The molecule has 1 aromatic carbocycles. The van der Waals surface area contributed by atoms with Crippen LogP contribution < -0.4 is 5.32 Å². The highest BCUT2D eigenvalue weighted by Gasteiger charge is 2.23. The number of alkyl carbamates (subject to hydrolysis) is 1. The van der Waals surface area contributed by atoms with E-state index in [1.807, 2.05) is 30.3 Å². The molecular weight excluding hydrogens is 294 g/mol. The average molecular weight is 317 g/mol. The first kappa shape index (κ1) is 17.1. The van der Waals surface area contributed by atoms with Gasteiger partial charge in [-0.25, -0.2) is 9.59 Å². The van der Waals surface area contributed by atoms with Crippen LogP contribution in [0.3, 0.4) is 0 Å². The number of allylic oxidation sites excluding steroid dienone is 1. The molecule has 1 aliphatic rings. The number of nitrogens with one attached hydrogen (secondary N) is 1. The summed E-state index contributed by atoms with van der Waals surface area (Å²) in [6, 6.07) is 9.39. The molecule has 1 saturated carbocycles. The molecule has 124 valence electrons. The molecule has 0 saturated heterocycles. The molecule has 1 aliphatic carbocycles. The predicted octanol–water partition coefficient (Wildman–Crippen LogP) is 3.55. The Hall–Kier alpha value is -2.30. The summed E-state index contributed by atoms with van der Waals surface area (Å²) in [5, 5.41) is 2.57. The molecule has 23 heavy (non-hydrogen) atoms. The van der Waals surface area contributed by atoms with Crippen molar-refractivity contribution in [1.29, 1.82) is 0 Å². The standard InChI is InChI=1S/C18H23NO4/c1-13-8-10-15(11-9-13)16(17(20)22-2)19-18(21)23-12-14-6-4-3-5-7-14/h3-7,13H,8-12H2,1-2H3,(H,19,21). The van der Waals surface area contributed by atoms with E-state index in [9.17, 15) is 9.59 Å². The lowest BCUT2D eigenvalue weighted by molar-refractivity contribution is -0.136. The zero-order valence-corrected chi connectivity index (χ0v) is 13.6. The fraction of sp³-hybridized carbons (Fsp3) is 0.444. The predicted molar refractivity (Wildman–Crippen MR) is 86.4 cm³/mol. The van der Waals surface area contributed by atoms with Crippen molar-refractivity contribution in [1.82, 2.24) is 5.32 Å². The molecule has 1 aromatic rings. The van der Waals surface area contributed by atoms with Crippen molar-refractivity contribution >= 4 is 12.1 Å². The quantitative estimate of drug-likeness (QED) is 0.681. The van der Waals surface area contributed by atoms with Gasteiger partial charge in [0.15, 0.2) is 0 Å². The molecule has 5 nitrogen and oxygen atoms in total. The number of methoxy groups -OCH3 is 1. The Bertz CT molecular complexity index is 570. The third-order valence-corrected chi connectivity index (χ3v) is 4.06. The summed E-state index contributed by atoms with van der Waals surface area (Å²) >= 11 is 0. The summed E-state index contributed by atoms with van der Waals surface area (Å²) in [6.45, 7) is 2.35. The molecule has 0 aliphatic heterocycles. The van der Waals surface area contributed by atoms with Gasteiger partial charge in [-0.1, -0.05) is 37.3 Å². The summed E-state index contributed by atoms with van der Waals surface area (Å²) < 4.78 is 9.96. The van der Waals surface area contributed by atoms with Crippen molar-refractivity contribution < 1.29 is 19.1 Å². The molecular formula is C18H23NO4. The lowest BCUT2D eigenvalue weighted by Crippen LogP contribution is -2.30. The Morgan fingerprint density at radius 1 is 1.17 bits per heavy atom. The number of carbonyl (C=O) groups excluding carboxylic acids is 2. The normalized spacial score (nSPS) is 17.3. The number of hydrogen-bond donors (Lipinski definition) is 1. The van der Waals surface area contributed by atoms with E-state index < -0.39 is 12.1 Å². The number of amides is 1. The van der Waals surface area contributed by atoms with Crippen LogP contribution >= 0.6 is 0 Å². The SMILES string of the molecule is COC(=O)C(NC(=O)OCc1ccccc1)=C1CCC(C)CC1. The fourth-order valence-electron chi connectivity index (χ4n) is 2.61. The topological polar surface area (TPSA) is 64.6 Å². The highest BCUT2D eigenvalue weighted by atomic mass is 16.6. The molecule has 5 heteroatoms. The second kappa shape index (κ2) is 8.36. The van der Waals surface area contributed by atoms with Gasteiger partial charge in [-0.2, -0.15) is 0 Å². The molecule has 1 N–H and O–H groups in total. The molecule has 0 aromatic heterocycles. The Morgan fingerprint density at radius 2 is 1.83 bits per heavy atom. The maximum atomic E-state index is 12.0. The Labute approximate surface area is 136 Å². The molecule has 1 amide bonds. The van der Waals surface area contributed by atoms with Gasteiger partial charge in [0.25, 0.3) is 0 Å². The minimum Gasteiger partial charge on any atom is -0.464 e. The van der Waals surface area contributed by atoms with Crippen LogP contribution in [-0.4, -0.2) is 19.2 Å². The molecule has 0 unspecified atom stereocenters. The number of rotatable bonds is 4.